The molecule has 0 aliphatic heterocycles. The van der Waals surface area contributed by atoms with Crippen LogP contribution in [0.4, 0.5) is 11.4 Å². The van der Waals surface area contributed by atoms with Gasteiger partial charge in [-0.15, -0.1) is 0 Å². The molecule has 4 rings (SSSR count). The van der Waals surface area contributed by atoms with Crippen molar-refractivity contribution in [1.82, 2.24) is 0 Å². The predicted molar refractivity (Wildman–Crippen MR) is 117 cm³/mol. The summed E-state index contributed by atoms with van der Waals surface area (Å²) in [6.45, 7) is 0. The van der Waals surface area contributed by atoms with Crippen molar-refractivity contribution >= 4 is 39.9 Å². The van der Waals surface area contributed by atoms with E-state index in [4.69, 9.17) is 0 Å². The number of rotatable bonds is 5. The molecule has 3 aromatic carbocycles. The number of hydrogen-bond donors (Lipinski definition) is 2. The molecule has 6 nitrogen and oxygen atoms in total. The molecular formula is C25H23N2O4-. The zero-order chi connectivity index (χ0) is 21.8. The van der Waals surface area contributed by atoms with Crippen molar-refractivity contribution in [2.75, 3.05) is 10.6 Å². The van der Waals surface area contributed by atoms with Crippen molar-refractivity contribution in [3.8, 4) is 0 Å². The maximum absolute atomic E-state index is 13.0. The number of hydrogen-bond acceptors (Lipinski definition) is 4. The van der Waals surface area contributed by atoms with E-state index in [0.717, 1.165) is 23.6 Å². The lowest BCUT2D eigenvalue weighted by molar-refractivity contribution is -0.313. The summed E-state index contributed by atoms with van der Waals surface area (Å²) in [5.41, 5.74) is 1.34. The van der Waals surface area contributed by atoms with E-state index in [9.17, 15) is 19.5 Å². The monoisotopic (exact) mass is 415 g/mol. The van der Waals surface area contributed by atoms with Crippen LogP contribution in [0.2, 0.25) is 0 Å². The number of carboxylic acids is 1. The number of carbonyl (C=O) groups excluding carboxylic acids is 3. The summed E-state index contributed by atoms with van der Waals surface area (Å²) in [4.78, 5) is 37.4. The van der Waals surface area contributed by atoms with Gasteiger partial charge in [0.2, 0.25) is 5.91 Å². The number of nitrogens with one attached hydrogen (secondary N) is 2. The third-order valence-corrected chi connectivity index (χ3v) is 5.87. The Bertz CT molecular complexity index is 1140. The largest absolute Gasteiger partial charge is 0.550 e. The average Bonchev–Trinajstić information content (AvgIpc) is 2.79. The van der Waals surface area contributed by atoms with E-state index in [1.165, 1.54) is 0 Å². The molecule has 6 heteroatoms. The van der Waals surface area contributed by atoms with Crippen LogP contribution in [0, 0.1) is 11.8 Å². The van der Waals surface area contributed by atoms with Gasteiger partial charge in [0.15, 0.2) is 0 Å². The molecule has 0 saturated heterocycles. The fraction of sp³-hybridized carbons (Fsp3) is 0.240. The lowest BCUT2D eigenvalue weighted by atomic mass is 9.78. The quantitative estimate of drug-likeness (QED) is 0.665. The molecule has 2 amide bonds. The molecule has 1 aliphatic carbocycles. The van der Waals surface area contributed by atoms with Crippen LogP contribution < -0.4 is 15.7 Å². The standard InChI is InChI=1S/C25H24N2O4/c28-23(18-11-3-4-12-19(18)25(30)31)27-22-14-6-5-13-20(22)24(29)26-21-15-7-9-16-8-1-2-10-17(16)21/h1-2,5-10,13-15,18-19H,3-4,11-12H2,(H,26,29)(H,27,28)(H,30,31)/p-1/t18-,19-/m1/s1. The number of fused-ring (bicyclic) bond motifs is 1. The van der Waals surface area contributed by atoms with Crippen molar-refractivity contribution in [2.45, 2.75) is 25.7 Å². The van der Waals surface area contributed by atoms with E-state index < -0.39 is 17.8 Å². The highest BCUT2D eigenvalue weighted by Gasteiger charge is 2.32. The fourth-order valence-corrected chi connectivity index (χ4v) is 4.27. The van der Waals surface area contributed by atoms with Crippen LogP contribution in [0.5, 0.6) is 0 Å². The van der Waals surface area contributed by atoms with Crippen molar-refractivity contribution in [1.29, 1.82) is 0 Å². The van der Waals surface area contributed by atoms with Gasteiger partial charge in [0.05, 0.1) is 11.3 Å². The van der Waals surface area contributed by atoms with E-state index in [1.54, 1.807) is 24.3 Å². The van der Waals surface area contributed by atoms with Gasteiger partial charge in [-0.3, -0.25) is 9.59 Å². The first kappa shape index (κ1) is 20.6. The Hall–Kier alpha value is -3.67. The summed E-state index contributed by atoms with van der Waals surface area (Å²) in [5, 5.41) is 19.1. The zero-order valence-electron chi connectivity index (χ0n) is 17.0. The molecule has 158 valence electrons. The van der Waals surface area contributed by atoms with Crippen molar-refractivity contribution < 1.29 is 19.5 Å². The topological polar surface area (TPSA) is 98.3 Å². The number of benzene rings is 3. The third kappa shape index (κ3) is 4.43. The van der Waals surface area contributed by atoms with E-state index in [2.05, 4.69) is 10.6 Å². The molecule has 0 bridgehead atoms. The molecular weight excluding hydrogens is 392 g/mol. The zero-order valence-corrected chi connectivity index (χ0v) is 17.0. The molecule has 0 aromatic heterocycles. The Kier molecular flexibility index (Phi) is 5.98. The number of anilines is 2. The number of para-hydroxylation sites is 1. The molecule has 2 N–H and O–H groups in total. The molecule has 31 heavy (non-hydrogen) atoms. The Labute approximate surface area is 180 Å². The lowest BCUT2D eigenvalue weighted by Crippen LogP contribution is -2.42. The van der Waals surface area contributed by atoms with Crippen LogP contribution in [-0.4, -0.2) is 17.8 Å². The first-order chi connectivity index (χ1) is 15.0. The second-order valence-corrected chi connectivity index (χ2v) is 7.83. The van der Waals surface area contributed by atoms with Crippen molar-refractivity contribution in [2.24, 2.45) is 11.8 Å². The van der Waals surface area contributed by atoms with Gasteiger partial charge >= 0.3 is 0 Å². The summed E-state index contributed by atoms with van der Waals surface area (Å²) >= 11 is 0. The van der Waals surface area contributed by atoms with E-state index in [-0.39, 0.29) is 11.8 Å². The van der Waals surface area contributed by atoms with Gasteiger partial charge < -0.3 is 20.5 Å². The van der Waals surface area contributed by atoms with Gasteiger partial charge in [0, 0.05) is 28.9 Å². The molecule has 1 saturated carbocycles. The second-order valence-electron chi connectivity index (χ2n) is 7.83. The first-order valence-corrected chi connectivity index (χ1v) is 10.4. The summed E-state index contributed by atoms with van der Waals surface area (Å²) in [7, 11) is 0. The Morgan fingerprint density at radius 3 is 2.19 bits per heavy atom. The number of carbonyl (C=O) groups is 3. The molecule has 0 heterocycles. The third-order valence-electron chi connectivity index (χ3n) is 5.87. The molecule has 1 fully saturated rings. The van der Waals surface area contributed by atoms with Gasteiger partial charge in [0.25, 0.3) is 5.91 Å². The maximum Gasteiger partial charge on any atom is 0.257 e. The highest BCUT2D eigenvalue weighted by molar-refractivity contribution is 6.13. The van der Waals surface area contributed by atoms with Crippen LogP contribution in [0.25, 0.3) is 10.8 Å². The summed E-state index contributed by atoms with van der Waals surface area (Å²) < 4.78 is 0. The average molecular weight is 415 g/mol. The minimum Gasteiger partial charge on any atom is -0.550 e. The Morgan fingerprint density at radius 2 is 1.39 bits per heavy atom. The van der Waals surface area contributed by atoms with Gasteiger partial charge in [0.1, 0.15) is 0 Å². The van der Waals surface area contributed by atoms with Crippen LogP contribution in [0.15, 0.2) is 66.7 Å². The van der Waals surface area contributed by atoms with Gasteiger partial charge in [-0.05, 0) is 36.4 Å². The Morgan fingerprint density at radius 1 is 0.742 bits per heavy atom. The smallest absolute Gasteiger partial charge is 0.257 e. The first-order valence-electron chi connectivity index (χ1n) is 10.4. The number of carboxylic acid groups (broad SMARTS) is 1. The van der Waals surface area contributed by atoms with Gasteiger partial charge in [-0.1, -0.05) is 61.4 Å². The molecule has 2 atom stereocenters. The summed E-state index contributed by atoms with van der Waals surface area (Å²) in [5.74, 6) is -3.40. The van der Waals surface area contributed by atoms with Crippen LogP contribution >= 0.6 is 0 Å². The maximum atomic E-state index is 13.0. The lowest BCUT2D eigenvalue weighted by Gasteiger charge is -2.31. The minimum atomic E-state index is -1.19. The predicted octanol–water partition coefficient (Wildman–Crippen LogP) is 3.59. The van der Waals surface area contributed by atoms with Crippen molar-refractivity contribution in [3.63, 3.8) is 0 Å². The van der Waals surface area contributed by atoms with Gasteiger partial charge in [-0.25, -0.2) is 0 Å². The van der Waals surface area contributed by atoms with Crippen LogP contribution in [0.1, 0.15) is 36.0 Å². The van der Waals surface area contributed by atoms with E-state index in [1.807, 2.05) is 42.5 Å². The molecule has 1 aliphatic rings. The Balaban J connectivity index is 1.56. The van der Waals surface area contributed by atoms with E-state index in [0.29, 0.717) is 29.8 Å². The second kappa shape index (κ2) is 9.00. The highest BCUT2D eigenvalue weighted by Crippen LogP contribution is 2.31. The highest BCUT2D eigenvalue weighted by atomic mass is 16.4. The van der Waals surface area contributed by atoms with Crippen molar-refractivity contribution in [3.05, 3.63) is 72.3 Å². The minimum absolute atomic E-state index is 0.310. The molecule has 0 spiro atoms. The number of amides is 2. The fourth-order valence-electron chi connectivity index (χ4n) is 4.27. The summed E-state index contributed by atoms with van der Waals surface area (Å²) in [6, 6.07) is 20.1. The normalized spacial score (nSPS) is 18.3. The molecule has 0 unspecified atom stereocenters. The molecule has 3 aromatic rings. The summed E-state index contributed by atoms with van der Waals surface area (Å²) in [6.07, 6.45) is 2.50. The van der Waals surface area contributed by atoms with Crippen LogP contribution in [0.3, 0.4) is 0 Å². The van der Waals surface area contributed by atoms with E-state index >= 15 is 0 Å². The van der Waals surface area contributed by atoms with Gasteiger partial charge in [-0.2, -0.15) is 0 Å². The SMILES string of the molecule is O=C(Nc1cccc2ccccc12)c1ccccc1NC(=O)[C@@H]1CCCC[C@H]1C(=O)[O-]. The number of aliphatic carboxylic acids is 1. The van der Waals surface area contributed by atoms with Crippen LogP contribution in [-0.2, 0) is 9.59 Å². The molecule has 0 radical (unpaired) electrons.